The second kappa shape index (κ2) is 7.43. The highest BCUT2D eigenvalue weighted by Crippen LogP contribution is 2.03. The van der Waals surface area contributed by atoms with Crippen LogP contribution in [0.3, 0.4) is 0 Å². The molecule has 0 aliphatic heterocycles. The smallest absolute Gasteiger partial charge is 0.251 e. The number of rotatable bonds is 6. The zero-order valence-electron chi connectivity index (χ0n) is 12.2. The Balaban J connectivity index is 1.75. The molecule has 1 aromatic carbocycles. The van der Waals surface area contributed by atoms with E-state index in [0.717, 1.165) is 19.4 Å². The largest absolute Gasteiger partial charge is 0.354 e. The zero-order valence-corrected chi connectivity index (χ0v) is 12.2. The number of carbonyl (C=O) groups excluding carboxylic acids is 1. The first kappa shape index (κ1) is 15.0. The zero-order chi connectivity index (χ0) is 15.1. The number of aromatic nitrogens is 1. The fourth-order valence-electron chi connectivity index (χ4n) is 2.14. The molecular weight excluding hydrogens is 264 g/mol. The Bertz CT molecular complexity index is 614. The van der Waals surface area contributed by atoms with Crippen molar-refractivity contribution in [1.29, 1.82) is 0 Å². The molecule has 110 valence electrons. The number of amides is 1. The molecule has 0 bridgehead atoms. The van der Waals surface area contributed by atoms with Gasteiger partial charge >= 0.3 is 0 Å². The van der Waals surface area contributed by atoms with Crippen molar-refractivity contribution < 1.29 is 4.79 Å². The topological polar surface area (TPSA) is 51.1 Å². The SMILES string of the molecule is CC(CCCn1ccc(=O)cc1)NC(=O)c1ccccc1. The van der Waals surface area contributed by atoms with Gasteiger partial charge in [0.15, 0.2) is 5.43 Å². The molecule has 0 fully saturated rings. The van der Waals surface area contributed by atoms with Gasteiger partial charge in [-0.1, -0.05) is 18.2 Å². The summed E-state index contributed by atoms with van der Waals surface area (Å²) in [7, 11) is 0. The third kappa shape index (κ3) is 4.91. The molecule has 4 heteroatoms. The Kier molecular flexibility index (Phi) is 5.32. The van der Waals surface area contributed by atoms with Crippen LogP contribution >= 0.6 is 0 Å². The van der Waals surface area contributed by atoms with Crippen LogP contribution in [0.1, 0.15) is 30.1 Å². The monoisotopic (exact) mass is 284 g/mol. The summed E-state index contributed by atoms with van der Waals surface area (Å²) in [5.41, 5.74) is 0.708. The molecule has 0 spiro atoms. The Hall–Kier alpha value is -2.36. The van der Waals surface area contributed by atoms with Crippen LogP contribution in [0.4, 0.5) is 0 Å². The number of nitrogens with one attached hydrogen (secondary N) is 1. The predicted molar refractivity (Wildman–Crippen MR) is 83.3 cm³/mol. The summed E-state index contributed by atoms with van der Waals surface area (Å²) in [4.78, 5) is 23.0. The van der Waals surface area contributed by atoms with E-state index in [1.165, 1.54) is 0 Å². The first-order valence-electron chi connectivity index (χ1n) is 7.17. The second-order valence-electron chi connectivity index (χ2n) is 5.15. The molecule has 0 saturated heterocycles. The average molecular weight is 284 g/mol. The number of hydrogen-bond donors (Lipinski definition) is 1. The van der Waals surface area contributed by atoms with Gasteiger partial charge in [0.2, 0.25) is 0 Å². The lowest BCUT2D eigenvalue weighted by Gasteiger charge is -2.14. The van der Waals surface area contributed by atoms with Gasteiger partial charge in [-0.2, -0.15) is 0 Å². The number of hydrogen-bond acceptors (Lipinski definition) is 2. The Morgan fingerprint density at radius 1 is 1.14 bits per heavy atom. The molecule has 1 amide bonds. The molecule has 1 N–H and O–H groups in total. The maximum atomic E-state index is 12.0. The van der Waals surface area contributed by atoms with Crippen LogP contribution in [0, 0.1) is 0 Å². The van der Waals surface area contributed by atoms with Crippen LogP contribution in [-0.4, -0.2) is 16.5 Å². The molecule has 1 atom stereocenters. The van der Waals surface area contributed by atoms with E-state index in [9.17, 15) is 9.59 Å². The third-order valence-electron chi connectivity index (χ3n) is 3.33. The summed E-state index contributed by atoms with van der Waals surface area (Å²) < 4.78 is 1.98. The highest BCUT2D eigenvalue weighted by Gasteiger charge is 2.08. The first-order chi connectivity index (χ1) is 10.1. The van der Waals surface area contributed by atoms with E-state index in [-0.39, 0.29) is 17.4 Å². The first-order valence-corrected chi connectivity index (χ1v) is 7.17. The summed E-state index contributed by atoms with van der Waals surface area (Å²) in [6.45, 7) is 2.85. The quantitative estimate of drug-likeness (QED) is 0.886. The van der Waals surface area contributed by atoms with Crippen molar-refractivity contribution in [2.24, 2.45) is 0 Å². The lowest BCUT2D eigenvalue weighted by Crippen LogP contribution is -2.32. The highest BCUT2D eigenvalue weighted by atomic mass is 16.1. The van der Waals surface area contributed by atoms with Gasteiger partial charge in [-0.3, -0.25) is 9.59 Å². The van der Waals surface area contributed by atoms with Gasteiger partial charge in [0.05, 0.1) is 0 Å². The average Bonchev–Trinajstić information content (AvgIpc) is 2.50. The van der Waals surface area contributed by atoms with Crippen molar-refractivity contribution in [2.45, 2.75) is 32.4 Å². The van der Waals surface area contributed by atoms with E-state index in [2.05, 4.69) is 5.32 Å². The number of aryl methyl sites for hydroxylation is 1. The van der Waals surface area contributed by atoms with Crippen molar-refractivity contribution in [2.75, 3.05) is 0 Å². The van der Waals surface area contributed by atoms with Gasteiger partial charge in [0.25, 0.3) is 5.91 Å². The van der Waals surface area contributed by atoms with Crippen LogP contribution in [0.5, 0.6) is 0 Å². The van der Waals surface area contributed by atoms with E-state index in [1.807, 2.05) is 41.8 Å². The molecule has 1 unspecified atom stereocenters. The fourth-order valence-corrected chi connectivity index (χ4v) is 2.14. The maximum absolute atomic E-state index is 12.0. The van der Waals surface area contributed by atoms with Crippen LogP contribution in [-0.2, 0) is 6.54 Å². The molecule has 0 aliphatic carbocycles. The van der Waals surface area contributed by atoms with Crippen molar-refractivity contribution in [3.8, 4) is 0 Å². The van der Waals surface area contributed by atoms with E-state index >= 15 is 0 Å². The summed E-state index contributed by atoms with van der Waals surface area (Å²) in [5, 5.41) is 2.99. The minimum atomic E-state index is -0.0357. The molecule has 2 aromatic rings. The van der Waals surface area contributed by atoms with Crippen molar-refractivity contribution in [3.63, 3.8) is 0 Å². The molecule has 1 heterocycles. The second-order valence-corrected chi connectivity index (χ2v) is 5.15. The van der Waals surface area contributed by atoms with E-state index in [4.69, 9.17) is 0 Å². The molecule has 1 aromatic heterocycles. The molecule has 0 saturated carbocycles. The minimum absolute atomic E-state index is 0.0229. The molecule has 0 radical (unpaired) electrons. The predicted octanol–water partition coefficient (Wildman–Crippen LogP) is 2.45. The minimum Gasteiger partial charge on any atom is -0.354 e. The lowest BCUT2D eigenvalue weighted by molar-refractivity contribution is 0.0938. The van der Waals surface area contributed by atoms with Gasteiger partial charge in [0, 0.05) is 42.7 Å². The van der Waals surface area contributed by atoms with Crippen LogP contribution < -0.4 is 10.7 Å². The maximum Gasteiger partial charge on any atom is 0.251 e. The fraction of sp³-hybridized carbons (Fsp3) is 0.294. The number of benzene rings is 1. The van der Waals surface area contributed by atoms with Crippen LogP contribution in [0.2, 0.25) is 0 Å². The summed E-state index contributed by atoms with van der Waals surface area (Å²) in [5.74, 6) is -0.0357. The van der Waals surface area contributed by atoms with Gasteiger partial charge in [-0.25, -0.2) is 0 Å². The molecular formula is C17H20N2O2. The number of carbonyl (C=O) groups is 1. The summed E-state index contributed by atoms with van der Waals surface area (Å²) in [6, 6.07) is 12.5. The Labute approximate surface area is 124 Å². The molecule has 21 heavy (non-hydrogen) atoms. The van der Waals surface area contributed by atoms with Crippen molar-refractivity contribution in [1.82, 2.24) is 9.88 Å². The third-order valence-corrected chi connectivity index (χ3v) is 3.33. The van der Waals surface area contributed by atoms with Crippen molar-refractivity contribution >= 4 is 5.91 Å². The van der Waals surface area contributed by atoms with E-state index in [0.29, 0.717) is 5.56 Å². The highest BCUT2D eigenvalue weighted by molar-refractivity contribution is 5.94. The van der Waals surface area contributed by atoms with Gasteiger partial charge in [-0.15, -0.1) is 0 Å². The van der Waals surface area contributed by atoms with Crippen LogP contribution in [0.15, 0.2) is 59.7 Å². The summed E-state index contributed by atoms with van der Waals surface area (Å²) in [6.07, 6.45) is 5.41. The Morgan fingerprint density at radius 3 is 2.48 bits per heavy atom. The van der Waals surface area contributed by atoms with Gasteiger partial charge < -0.3 is 9.88 Å². The standard InChI is InChI=1S/C17H20N2O2/c1-14(18-17(21)15-7-3-2-4-8-15)6-5-11-19-12-9-16(20)10-13-19/h2-4,7-10,12-14H,5-6,11H2,1H3,(H,18,21). The molecule has 0 aliphatic rings. The number of pyridine rings is 1. The van der Waals surface area contributed by atoms with E-state index in [1.54, 1.807) is 24.5 Å². The summed E-state index contributed by atoms with van der Waals surface area (Å²) >= 11 is 0. The molecule has 4 nitrogen and oxygen atoms in total. The Morgan fingerprint density at radius 2 is 1.81 bits per heavy atom. The van der Waals surface area contributed by atoms with E-state index < -0.39 is 0 Å². The van der Waals surface area contributed by atoms with Crippen LogP contribution in [0.25, 0.3) is 0 Å². The number of nitrogens with zero attached hydrogens (tertiary/aromatic N) is 1. The van der Waals surface area contributed by atoms with Crippen molar-refractivity contribution in [3.05, 3.63) is 70.6 Å². The van der Waals surface area contributed by atoms with Gasteiger partial charge in [-0.05, 0) is 31.9 Å². The normalized spacial score (nSPS) is 11.9. The lowest BCUT2D eigenvalue weighted by atomic mass is 10.1. The molecule has 2 rings (SSSR count). The van der Waals surface area contributed by atoms with Gasteiger partial charge in [0.1, 0.15) is 0 Å².